The van der Waals surface area contributed by atoms with Crippen LogP contribution in [0, 0.1) is 6.92 Å². The van der Waals surface area contributed by atoms with E-state index in [2.05, 4.69) is 4.90 Å². The lowest BCUT2D eigenvalue weighted by Crippen LogP contribution is -2.48. The highest BCUT2D eigenvalue weighted by molar-refractivity contribution is 7.89. The number of nitrogens with zero attached hydrogens (tertiary/aromatic N) is 2. The topological polar surface area (TPSA) is 63.0 Å². The number of benzene rings is 1. The zero-order valence-corrected chi connectivity index (χ0v) is 14.8. The molecule has 2 heterocycles. The van der Waals surface area contributed by atoms with Gasteiger partial charge in [-0.2, -0.15) is 4.31 Å². The van der Waals surface area contributed by atoms with Crippen LogP contribution in [0.15, 0.2) is 45.9 Å². The summed E-state index contributed by atoms with van der Waals surface area (Å²) in [5, 5.41) is 0. The first-order valence-corrected chi connectivity index (χ1v) is 9.34. The van der Waals surface area contributed by atoms with Crippen LogP contribution in [0.5, 0.6) is 5.75 Å². The highest BCUT2D eigenvalue weighted by Crippen LogP contribution is 2.24. The molecule has 2 aromatic rings. The van der Waals surface area contributed by atoms with Crippen molar-refractivity contribution < 1.29 is 17.6 Å². The van der Waals surface area contributed by atoms with Crippen LogP contribution >= 0.6 is 0 Å². The third kappa shape index (κ3) is 3.48. The Morgan fingerprint density at radius 1 is 1.17 bits per heavy atom. The Kier molecular flexibility index (Phi) is 4.93. The minimum atomic E-state index is -3.47. The number of rotatable bonds is 5. The summed E-state index contributed by atoms with van der Waals surface area (Å²) < 4.78 is 37.7. The largest absolute Gasteiger partial charge is 0.496 e. The normalized spacial score (nSPS) is 17.1. The highest BCUT2D eigenvalue weighted by atomic mass is 32.2. The molecule has 1 saturated heterocycles. The van der Waals surface area contributed by atoms with E-state index in [0.717, 1.165) is 11.3 Å². The lowest BCUT2D eigenvalue weighted by molar-refractivity contribution is 0.171. The summed E-state index contributed by atoms with van der Waals surface area (Å²) >= 11 is 0. The molecule has 7 heteroatoms. The number of methoxy groups -OCH3 is 1. The zero-order chi connectivity index (χ0) is 17.2. The van der Waals surface area contributed by atoms with E-state index >= 15 is 0 Å². The Bertz CT molecular complexity index is 779. The van der Waals surface area contributed by atoms with E-state index in [1.807, 2.05) is 19.1 Å². The van der Waals surface area contributed by atoms with Gasteiger partial charge in [0.1, 0.15) is 11.5 Å². The summed E-state index contributed by atoms with van der Waals surface area (Å²) in [7, 11) is -1.89. The maximum atomic E-state index is 12.8. The molecule has 24 heavy (non-hydrogen) atoms. The average molecular weight is 350 g/mol. The molecule has 1 aliphatic heterocycles. The molecule has 0 aliphatic carbocycles. The monoisotopic (exact) mass is 350 g/mol. The Hall–Kier alpha value is -1.83. The number of hydrogen-bond acceptors (Lipinski definition) is 5. The Balaban J connectivity index is 1.67. The molecule has 1 fully saturated rings. The van der Waals surface area contributed by atoms with Crippen molar-refractivity contribution in [2.24, 2.45) is 0 Å². The summed E-state index contributed by atoms with van der Waals surface area (Å²) in [5.74, 6) is 1.59. The lowest BCUT2D eigenvalue weighted by Gasteiger charge is -2.33. The van der Waals surface area contributed by atoms with Gasteiger partial charge < -0.3 is 9.15 Å². The van der Waals surface area contributed by atoms with E-state index in [4.69, 9.17) is 9.15 Å². The van der Waals surface area contributed by atoms with Crippen LogP contribution in [0.1, 0.15) is 11.3 Å². The fourth-order valence-corrected chi connectivity index (χ4v) is 4.42. The van der Waals surface area contributed by atoms with Crippen LogP contribution in [-0.2, 0) is 16.6 Å². The van der Waals surface area contributed by atoms with Crippen molar-refractivity contribution in [1.82, 2.24) is 9.21 Å². The fraction of sp³-hybridized carbons (Fsp3) is 0.412. The lowest BCUT2D eigenvalue weighted by atomic mass is 10.2. The van der Waals surface area contributed by atoms with Gasteiger partial charge in [0.25, 0.3) is 0 Å². The molecule has 130 valence electrons. The highest BCUT2D eigenvalue weighted by Gasteiger charge is 2.29. The number of piperazine rings is 1. The number of furan rings is 1. The summed E-state index contributed by atoms with van der Waals surface area (Å²) in [4.78, 5) is 2.52. The first-order valence-electron chi connectivity index (χ1n) is 7.90. The molecule has 0 bridgehead atoms. The second-order valence-electron chi connectivity index (χ2n) is 5.89. The van der Waals surface area contributed by atoms with Gasteiger partial charge in [0.15, 0.2) is 0 Å². The standard InChI is InChI=1S/C17H22N2O4S/c1-14-12-16(5-6-17(14)22-2)24(20,21)19-9-7-18(8-10-19)13-15-4-3-11-23-15/h3-6,11-12H,7-10,13H2,1-2H3. The number of hydrogen-bond donors (Lipinski definition) is 0. The van der Waals surface area contributed by atoms with Gasteiger partial charge in [-0.05, 0) is 42.8 Å². The number of aryl methyl sites for hydroxylation is 1. The number of ether oxygens (including phenoxy) is 1. The second-order valence-corrected chi connectivity index (χ2v) is 7.83. The molecule has 0 atom stereocenters. The molecule has 0 radical (unpaired) electrons. The molecule has 0 spiro atoms. The first-order chi connectivity index (χ1) is 11.5. The molecular formula is C17H22N2O4S. The first kappa shape index (κ1) is 17.0. The molecule has 0 N–H and O–H groups in total. The summed E-state index contributed by atoms with van der Waals surface area (Å²) in [6, 6.07) is 8.78. The van der Waals surface area contributed by atoms with E-state index < -0.39 is 10.0 Å². The van der Waals surface area contributed by atoms with Crippen LogP contribution < -0.4 is 4.74 Å². The predicted octanol–water partition coefficient (Wildman–Crippen LogP) is 2.10. The molecule has 0 saturated carbocycles. The molecule has 0 amide bonds. The molecule has 0 unspecified atom stereocenters. The maximum Gasteiger partial charge on any atom is 0.243 e. The maximum absolute atomic E-state index is 12.8. The second kappa shape index (κ2) is 6.96. The van der Waals surface area contributed by atoms with Crippen molar-refractivity contribution >= 4 is 10.0 Å². The van der Waals surface area contributed by atoms with Crippen LogP contribution in [0.4, 0.5) is 0 Å². The molecule has 1 aromatic carbocycles. The minimum Gasteiger partial charge on any atom is -0.496 e. The van der Waals surface area contributed by atoms with Gasteiger partial charge in [0, 0.05) is 26.2 Å². The summed E-state index contributed by atoms with van der Waals surface area (Å²) in [6.45, 7) is 4.90. The van der Waals surface area contributed by atoms with Gasteiger partial charge in [-0.25, -0.2) is 8.42 Å². The Labute approximate surface area is 142 Å². The smallest absolute Gasteiger partial charge is 0.243 e. The van der Waals surface area contributed by atoms with Crippen LogP contribution in [0.3, 0.4) is 0 Å². The summed E-state index contributed by atoms with van der Waals surface area (Å²) in [5.41, 5.74) is 0.815. The SMILES string of the molecule is COc1ccc(S(=O)(=O)N2CCN(Cc3ccco3)CC2)cc1C. The molecule has 3 rings (SSSR count). The van der Waals surface area contributed by atoms with Gasteiger partial charge in [0.05, 0.1) is 24.8 Å². The Morgan fingerprint density at radius 2 is 1.92 bits per heavy atom. The van der Waals surface area contributed by atoms with E-state index in [0.29, 0.717) is 43.4 Å². The van der Waals surface area contributed by atoms with Gasteiger partial charge >= 0.3 is 0 Å². The van der Waals surface area contributed by atoms with Gasteiger partial charge in [-0.1, -0.05) is 0 Å². The van der Waals surface area contributed by atoms with Crippen LogP contribution in [0.25, 0.3) is 0 Å². The van der Waals surface area contributed by atoms with Crippen molar-refractivity contribution in [3.8, 4) is 5.75 Å². The van der Waals surface area contributed by atoms with Crippen molar-refractivity contribution in [1.29, 1.82) is 0 Å². The Morgan fingerprint density at radius 3 is 2.50 bits per heavy atom. The van der Waals surface area contributed by atoms with Gasteiger partial charge in [-0.15, -0.1) is 0 Å². The van der Waals surface area contributed by atoms with Gasteiger partial charge in [-0.3, -0.25) is 4.90 Å². The van der Waals surface area contributed by atoms with Crippen LogP contribution in [-0.4, -0.2) is 50.9 Å². The van der Waals surface area contributed by atoms with E-state index in [-0.39, 0.29) is 0 Å². The zero-order valence-electron chi connectivity index (χ0n) is 13.9. The van der Waals surface area contributed by atoms with Gasteiger partial charge in [0.2, 0.25) is 10.0 Å². The molecule has 1 aliphatic rings. The van der Waals surface area contributed by atoms with E-state index in [1.54, 1.807) is 35.9 Å². The number of sulfonamides is 1. The van der Waals surface area contributed by atoms with Crippen molar-refractivity contribution in [3.05, 3.63) is 47.9 Å². The average Bonchev–Trinajstić information content (AvgIpc) is 3.08. The third-order valence-electron chi connectivity index (χ3n) is 4.29. The molecular weight excluding hydrogens is 328 g/mol. The minimum absolute atomic E-state index is 0.320. The van der Waals surface area contributed by atoms with E-state index in [9.17, 15) is 8.42 Å². The van der Waals surface area contributed by atoms with Crippen molar-refractivity contribution in [3.63, 3.8) is 0 Å². The molecule has 1 aromatic heterocycles. The third-order valence-corrected chi connectivity index (χ3v) is 6.19. The fourth-order valence-electron chi connectivity index (χ4n) is 2.91. The molecule has 6 nitrogen and oxygen atoms in total. The quantitative estimate of drug-likeness (QED) is 0.826. The van der Waals surface area contributed by atoms with E-state index in [1.165, 1.54) is 0 Å². The van der Waals surface area contributed by atoms with Crippen LogP contribution in [0.2, 0.25) is 0 Å². The van der Waals surface area contributed by atoms with Crippen molar-refractivity contribution in [2.45, 2.75) is 18.4 Å². The van der Waals surface area contributed by atoms with Crippen molar-refractivity contribution in [2.75, 3.05) is 33.3 Å². The predicted molar refractivity (Wildman–Crippen MR) is 90.5 cm³/mol. The summed E-state index contributed by atoms with van der Waals surface area (Å²) in [6.07, 6.45) is 1.65.